The predicted molar refractivity (Wildman–Crippen MR) is 187 cm³/mol. The first-order valence-electron chi connectivity index (χ1n) is 17.1. The van der Waals surface area contributed by atoms with E-state index in [1.165, 1.54) is 70.2 Å². The van der Waals surface area contributed by atoms with Crippen LogP contribution in [0.2, 0.25) is 0 Å². The molecule has 218 valence electrons. The monoisotopic (exact) mass is 572 g/mol. The molecule has 3 heterocycles. The van der Waals surface area contributed by atoms with Gasteiger partial charge in [0.25, 0.3) is 0 Å². The van der Waals surface area contributed by atoms with Gasteiger partial charge in [-0.3, -0.25) is 0 Å². The van der Waals surface area contributed by atoms with Gasteiger partial charge in [-0.05, 0) is 88.7 Å². The molecule has 2 nitrogen and oxygen atoms in total. The van der Waals surface area contributed by atoms with Crippen molar-refractivity contribution in [3.63, 3.8) is 0 Å². The van der Waals surface area contributed by atoms with Crippen molar-refractivity contribution >= 4 is 46.8 Å². The number of hydrogen-bond donors (Lipinski definition) is 1. The van der Waals surface area contributed by atoms with Gasteiger partial charge < -0.3 is 10.2 Å². The van der Waals surface area contributed by atoms with Crippen LogP contribution in [0.3, 0.4) is 0 Å². The molecule has 0 spiro atoms. The number of anilines is 2. The second-order valence-corrected chi connectivity index (χ2v) is 15.5. The lowest BCUT2D eigenvalue weighted by atomic mass is 9.56. The molecule has 0 saturated heterocycles. The molecule has 3 aromatic carbocycles. The number of allylic oxidation sites excluding steroid dienone is 4. The fourth-order valence-corrected chi connectivity index (χ4v) is 10.9. The highest BCUT2D eigenvalue weighted by atomic mass is 15.3. The van der Waals surface area contributed by atoms with Gasteiger partial charge in [-0.2, -0.15) is 0 Å². The summed E-state index contributed by atoms with van der Waals surface area (Å²) >= 11 is 0. The molecule has 44 heavy (non-hydrogen) atoms. The van der Waals surface area contributed by atoms with E-state index >= 15 is 0 Å². The third kappa shape index (κ3) is 2.87. The van der Waals surface area contributed by atoms with Crippen LogP contribution in [0, 0.1) is 5.92 Å². The zero-order chi connectivity index (χ0) is 29.6. The summed E-state index contributed by atoms with van der Waals surface area (Å²) in [6.07, 6.45) is 19.6. The van der Waals surface area contributed by atoms with Crippen LogP contribution in [0.25, 0.3) is 17.2 Å². The van der Waals surface area contributed by atoms with Gasteiger partial charge in [0.15, 0.2) is 7.28 Å². The maximum absolute atomic E-state index is 4.17. The zero-order valence-electron chi connectivity index (χ0n) is 26.6. The molecule has 3 aromatic rings. The maximum atomic E-state index is 4.17. The maximum Gasteiger partial charge on any atom is 0.198 e. The van der Waals surface area contributed by atoms with E-state index < -0.39 is 0 Å². The number of hydrogen-bond acceptors (Lipinski definition) is 2. The lowest BCUT2D eigenvalue weighted by Gasteiger charge is -2.52. The molecule has 0 amide bonds. The first-order chi connectivity index (χ1) is 21.3. The minimum absolute atomic E-state index is 0.00877. The molecule has 0 aromatic heterocycles. The van der Waals surface area contributed by atoms with E-state index in [0.29, 0.717) is 5.92 Å². The first kappa shape index (κ1) is 25.6. The summed E-state index contributed by atoms with van der Waals surface area (Å²) < 4.78 is 0. The van der Waals surface area contributed by atoms with Gasteiger partial charge in [-0.15, -0.1) is 0 Å². The van der Waals surface area contributed by atoms with Crippen LogP contribution in [-0.2, 0) is 17.3 Å². The van der Waals surface area contributed by atoms with E-state index in [2.05, 4.69) is 117 Å². The molecule has 3 aliphatic heterocycles. The molecule has 4 aliphatic carbocycles. The van der Waals surface area contributed by atoms with Gasteiger partial charge in [0.05, 0.1) is 11.6 Å². The van der Waals surface area contributed by atoms with Crippen LogP contribution in [0.4, 0.5) is 11.4 Å². The summed E-state index contributed by atoms with van der Waals surface area (Å²) in [4.78, 5) is 2.91. The minimum Gasteiger partial charge on any atom is -0.380 e. The van der Waals surface area contributed by atoms with E-state index in [4.69, 9.17) is 0 Å². The number of nitrogens with zero attached hydrogens (tertiary/aromatic N) is 1. The first-order valence-corrected chi connectivity index (χ1v) is 17.1. The number of fused-ring (bicyclic) bond motifs is 11. The molecule has 1 saturated carbocycles. The van der Waals surface area contributed by atoms with Gasteiger partial charge in [0.1, 0.15) is 0 Å². The quantitative estimate of drug-likeness (QED) is 0.307. The third-order valence-electron chi connectivity index (χ3n) is 13.2. The highest BCUT2D eigenvalue weighted by Gasteiger charge is 2.60. The number of para-hydroxylation sites is 1. The van der Waals surface area contributed by atoms with Crippen molar-refractivity contribution in [2.24, 2.45) is 5.92 Å². The fourth-order valence-electron chi connectivity index (χ4n) is 10.9. The zero-order valence-corrected chi connectivity index (χ0v) is 26.6. The summed E-state index contributed by atoms with van der Waals surface area (Å²) in [6, 6.07) is 19.2. The Labute approximate surface area is 262 Å². The Morgan fingerprint density at radius 2 is 1.75 bits per heavy atom. The van der Waals surface area contributed by atoms with Crippen molar-refractivity contribution < 1.29 is 0 Å². The van der Waals surface area contributed by atoms with Crippen molar-refractivity contribution in [1.82, 2.24) is 5.32 Å². The highest BCUT2D eigenvalue weighted by Crippen LogP contribution is 2.62. The van der Waals surface area contributed by atoms with Crippen LogP contribution in [0.1, 0.15) is 93.2 Å². The van der Waals surface area contributed by atoms with E-state index in [-0.39, 0.29) is 22.4 Å². The lowest BCUT2D eigenvalue weighted by molar-refractivity contribution is 0.195. The average molecular weight is 573 g/mol. The Balaban J connectivity index is 1.18. The van der Waals surface area contributed by atoms with Crippen LogP contribution in [-0.4, -0.2) is 18.9 Å². The van der Waals surface area contributed by atoms with Crippen LogP contribution in [0.15, 0.2) is 78.5 Å². The molecule has 3 heteroatoms. The Morgan fingerprint density at radius 1 is 0.909 bits per heavy atom. The van der Waals surface area contributed by atoms with E-state index in [0.717, 1.165) is 20.1 Å². The van der Waals surface area contributed by atoms with Crippen molar-refractivity contribution in [3.05, 3.63) is 112 Å². The second kappa shape index (κ2) is 8.30. The smallest absolute Gasteiger partial charge is 0.198 e. The van der Waals surface area contributed by atoms with Crippen molar-refractivity contribution in [1.29, 1.82) is 0 Å². The topological polar surface area (TPSA) is 15.3 Å². The molecule has 10 rings (SSSR count). The summed E-state index contributed by atoms with van der Waals surface area (Å²) in [6.45, 7) is 10.0. The third-order valence-corrected chi connectivity index (χ3v) is 13.2. The van der Waals surface area contributed by atoms with Gasteiger partial charge in [0.2, 0.25) is 0 Å². The van der Waals surface area contributed by atoms with Gasteiger partial charge in [-0.1, -0.05) is 112 Å². The van der Waals surface area contributed by atoms with Crippen LogP contribution in [0.5, 0.6) is 0 Å². The minimum atomic E-state index is -0.00877. The summed E-state index contributed by atoms with van der Waals surface area (Å²) in [7, 11) is 1.02. The van der Waals surface area contributed by atoms with Gasteiger partial charge in [0, 0.05) is 33.8 Å². The van der Waals surface area contributed by atoms with Gasteiger partial charge in [-0.25, -0.2) is 0 Å². The van der Waals surface area contributed by atoms with Crippen molar-refractivity contribution in [3.8, 4) is 0 Å². The highest BCUT2D eigenvalue weighted by molar-refractivity contribution is 6.72. The summed E-state index contributed by atoms with van der Waals surface area (Å²) in [5.41, 5.74) is 19.9. The van der Waals surface area contributed by atoms with E-state index in [9.17, 15) is 0 Å². The molecule has 1 N–H and O–H groups in total. The molecule has 3 unspecified atom stereocenters. The summed E-state index contributed by atoms with van der Waals surface area (Å²) in [5, 5.41) is 4.17. The number of rotatable bonds is 1. The van der Waals surface area contributed by atoms with Crippen molar-refractivity contribution in [2.45, 2.75) is 88.6 Å². The summed E-state index contributed by atoms with van der Waals surface area (Å²) in [5.74, 6) is 0.351. The fraction of sp³-hybridized carbons (Fsp3) is 0.366. The SMILES string of the molecule is CC1(C)C2=C(c3ccccc31)[C@H]1C=CC=C(c3cc4c(c5c3Bc3cccc6c3N5C3(C)CCCCC63C)CCC=C4)C1N2. The second-order valence-electron chi connectivity index (χ2n) is 15.5. The van der Waals surface area contributed by atoms with Gasteiger partial charge >= 0.3 is 0 Å². The molecule has 0 bridgehead atoms. The van der Waals surface area contributed by atoms with Crippen LogP contribution < -0.4 is 21.1 Å². The number of benzene rings is 3. The molecular formula is C41H41BN2. The Morgan fingerprint density at radius 3 is 2.66 bits per heavy atom. The molecule has 7 aliphatic rings. The van der Waals surface area contributed by atoms with Crippen molar-refractivity contribution in [2.75, 3.05) is 4.90 Å². The largest absolute Gasteiger partial charge is 0.380 e. The Bertz CT molecular complexity index is 1950. The number of nitrogens with one attached hydrogen (secondary N) is 1. The lowest BCUT2D eigenvalue weighted by Crippen LogP contribution is -2.58. The molecule has 0 radical (unpaired) electrons. The van der Waals surface area contributed by atoms with E-state index in [1.807, 2.05) is 0 Å². The molecule has 1 fully saturated rings. The predicted octanol–water partition coefficient (Wildman–Crippen LogP) is 7.33. The normalized spacial score (nSPS) is 30.7. The Hall–Kier alpha value is -3.72. The molecule has 4 atom stereocenters. The van der Waals surface area contributed by atoms with E-state index in [1.54, 1.807) is 28.0 Å². The molecular weight excluding hydrogens is 531 g/mol. The van der Waals surface area contributed by atoms with Crippen LogP contribution >= 0.6 is 0 Å². The Kier molecular flexibility index (Phi) is 4.83. The average Bonchev–Trinajstić information content (AvgIpc) is 3.61. The standard InChI is InChI=1S/C41H41BN2/c1-39(2)30-18-8-7-15-27(30)33-28-17-11-16-26(35(28)43-38(33)39)29-23-24-13-5-6-14-25(24)36-34(29)42-32-20-12-19-31-37(32)44(36)41(4)22-10-9-21-40(31,41)3/h5,7-8,11-13,15-20,23,28,35,42-43H,6,9-10,14,21-22H2,1-4H3/t28-,35?,40?,41?/m1/s1.